The van der Waals surface area contributed by atoms with Gasteiger partial charge in [-0.2, -0.15) is 0 Å². The molecule has 94 valence electrons. The highest BCUT2D eigenvalue weighted by Crippen LogP contribution is 2.21. The van der Waals surface area contributed by atoms with Gasteiger partial charge in [-0.25, -0.2) is 8.78 Å². The highest BCUT2D eigenvalue weighted by atomic mass is 32.2. The molecule has 2 aromatic carbocycles. The molecule has 2 rings (SSSR count). The SMILES string of the molecule is Fc1ccccc1NCCSc1ccccc1F. The highest BCUT2D eigenvalue weighted by Gasteiger charge is 2.02. The fourth-order valence-electron chi connectivity index (χ4n) is 1.51. The van der Waals surface area contributed by atoms with Crippen LogP contribution in [0.25, 0.3) is 0 Å². The third-order valence-corrected chi connectivity index (χ3v) is 3.44. The first-order chi connectivity index (χ1) is 8.77. The summed E-state index contributed by atoms with van der Waals surface area (Å²) in [4.78, 5) is 0.618. The van der Waals surface area contributed by atoms with Crippen molar-refractivity contribution in [3.63, 3.8) is 0 Å². The lowest BCUT2D eigenvalue weighted by Crippen LogP contribution is -2.05. The molecule has 0 aliphatic rings. The number of rotatable bonds is 5. The minimum absolute atomic E-state index is 0.214. The van der Waals surface area contributed by atoms with Gasteiger partial charge in [0.2, 0.25) is 0 Å². The van der Waals surface area contributed by atoms with Gasteiger partial charge in [-0.05, 0) is 24.3 Å². The van der Waals surface area contributed by atoms with Crippen LogP contribution in [0, 0.1) is 11.6 Å². The third kappa shape index (κ3) is 3.47. The van der Waals surface area contributed by atoms with Crippen LogP contribution in [0.3, 0.4) is 0 Å². The summed E-state index contributed by atoms with van der Waals surface area (Å²) >= 11 is 1.41. The number of para-hydroxylation sites is 1. The average Bonchev–Trinajstić information content (AvgIpc) is 2.38. The van der Waals surface area contributed by atoms with Crippen LogP contribution < -0.4 is 5.32 Å². The van der Waals surface area contributed by atoms with E-state index in [1.807, 2.05) is 0 Å². The molecule has 0 saturated carbocycles. The zero-order valence-corrected chi connectivity index (χ0v) is 10.5. The molecule has 0 aliphatic heterocycles. The largest absolute Gasteiger partial charge is 0.382 e. The number of hydrogen-bond acceptors (Lipinski definition) is 2. The molecule has 0 radical (unpaired) electrons. The number of halogens is 2. The van der Waals surface area contributed by atoms with Gasteiger partial charge >= 0.3 is 0 Å². The minimum Gasteiger partial charge on any atom is -0.382 e. The van der Waals surface area contributed by atoms with Crippen LogP contribution in [0.15, 0.2) is 53.4 Å². The lowest BCUT2D eigenvalue weighted by Gasteiger charge is -2.07. The maximum Gasteiger partial charge on any atom is 0.146 e. The van der Waals surface area contributed by atoms with Gasteiger partial charge in [-0.3, -0.25) is 0 Å². The summed E-state index contributed by atoms with van der Waals surface area (Å²) in [5.41, 5.74) is 0.478. The topological polar surface area (TPSA) is 12.0 Å². The van der Waals surface area contributed by atoms with Gasteiger partial charge in [0.1, 0.15) is 11.6 Å². The summed E-state index contributed by atoms with van der Waals surface area (Å²) in [6, 6.07) is 13.2. The standard InChI is InChI=1S/C14H13F2NS/c15-11-5-1-3-7-13(11)17-9-10-18-14-8-4-2-6-12(14)16/h1-8,17H,9-10H2. The number of nitrogens with one attached hydrogen (secondary N) is 1. The molecule has 1 N–H and O–H groups in total. The molecule has 0 heterocycles. The predicted octanol–water partition coefficient (Wildman–Crippen LogP) is 4.17. The summed E-state index contributed by atoms with van der Waals surface area (Å²) < 4.78 is 26.6. The van der Waals surface area contributed by atoms with Crippen LogP contribution in [0.4, 0.5) is 14.5 Å². The summed E-state index contributed by atoms with van der Waals surface area (Å²) in [6.45, 7) is 0.583. The second kappa shape index (κ2) is 6.40. The van der Waals surface area contributed by atoms with Crippen molar-refractivity contribution in [1.82, 2.24) is 0 Å². The van der Waals surface area contributed by atoms with E-state index >= 15 is 0 Å². The van der Waals surface area contributed by atoms with Gasteiger partial charge in [0.15, 0.2) is 0 Å². The first kappa shape index (κ1) is 12.9. The Bertz CT molecular complexity index is 469. The Morgan fingerprint density at radius 2 is 1.56 bits per heavy atom. The van der Waals surface area contributed by atoms with Crippen molar-refractivity contribution in [2.75, 3.05) is 17.6 Å². The van der Waals surface area contributed by atoms with Crippen molar-refractivity contribution in [2.24, 2.45) is 0 Å². The van der Waals surface area contributed by atoms with Crippen LogP contribution in [-0.2, 0) is 0 Å². The second-order valence-electron chi connectivity index (χ2n) is 3.69. The number of thioether (sulfide) groups is 1. The fraction of sp³-hybridized carbons (Fsp3) is 0.143. The van der Waals surface area contributed by atoms with Gasteiger partial charge < -0.3 is 5.32 Å². The Morgan fingerprint density at radius 3 is 2.28 bits per heavy atom. The van der Waals surface area contributed by atoms with Gasteiger partial charge in [0.05, 0.1) is 5.69 Å². The summed E-state index contributed by atoms with van der Waals surface area (Å²) in [5, 5.41) is 2.98. The zero-order chi connectivity index (χ0) is 12.8. The van der Waals surface area contributed by atoms with E-state index < -0.39 is 0 Å². The molecule has 0 fully saturated rings. The number of hydrogen-bond donors (Lipinski definition) is 1. The molecular weight excluding hydrogens is 252 g/mol. The quantitative estimate of drug-likeness (QED) is 0.643. The van der Waals surface area contributed by atoms with Crippen molar-refractivity contribution in [3.8, 4) is 0 Å². The van der Waals surface area contributed by atoms with E-state index in [1.165, 1.54) is 23.9 Å². The second-order valence-corrected chi connectivity index (χ2v) is 4.82. The number of benzene rings is 2. The van der Waals surface area contributed by atoms with Crippen molar-refractivity contribution in [1.29, 1.82) is 0 Å². The van der Waals surface area contributed by atoms with E-state index in [0.717, 1.165) is 0 Å². The average molecular weight is 265 g/mol. The molecule has 0 saturated heterocycles. The first-order valence-electron chi connectivity index (χ1n) is 5.63. The van der Waals surface area contributed by atoms with E-state index in [4.69, 9.17) is 0 Å². The fourth-order valence-corrected chi connectivity index (χ4v) is 2.32. The van der Waals surface area contributed by atoms with E-state index in [2.05, 4.69) is 5.32 Å². The molecule has 0 aliphatic carbocycles. The molecule has 0 unspecified atom stereocenters. The number of anilines is 1. The van der Waals surface area contributed by atoms with E-state index in [-0.39, 0.29) is 11.6 Å². The molecule has 4 heteroatoms. The zero-order valence-electron chi connectivity index (χ0n) is 9.70. The van der Waals surface area contributed by atoms with Crippen LogP contribution in [0.1, 0.15) is 0 Å². The van der Waals surface area contributed by atoms with Crippen LogP contribution in [-0.4, -0.2) is 12.3 Å². The maximum atomic E-state index is 13.3. The molecule has 0 bridgehead atoms. The Kier molecular flexibility index (Phi) is 4.59. The molecule has 0 amide bonds. The monoisotopic (exact) mass is 265 g/mol. The molecule has 2 aromatic rings. The van der Waals surface area contributed by atoms with Crippen molar-refractivity contribution < 1.29 is 8.78 Å². The van der Waals surface area contributed by atoms with E-state index in [9.17, 15) is 8.78 Å². The Labute approximate surface area is 109 Å². The highest BCUT2D eigenvalue weighted by molar-refractivity contribution is 7.99. The Balaban J connectivity index is 1.80. The summed E-state index contributed by atoms with van der Waals surface area (Å²) in [6.07, 6.45) is 0. The minimum atomic E-state index is -0.270. The molecule has 0 spiro atoms. The van der Waals surface area contributed by atoms with Crippen molar-refractivity contribution >= 4 is 17.4 Å². The van der Waals surface area contributed by atoms with Crippen molar-refractivity contribution in [2.45, 2.75) is 4.90 Å². The summed E-state index contributed by atoms with van der Waals surface area (Å²) in [7, 11) is 0. The van der Waals surface area contributed by atoms with E-state index in [1.54, 1.807) is 36.4 Å². The van der Waals surface area contributed by atoms with Gasteiger partial charge in [-0.1, -0.05) is 24.3 Å². The lowest BCUT2D eigenvalue weighted by molar-refractivity contribution is 0.602. The van der Waals surface area contributed by atoms with Crippen molar-refractivity contribution in [3.05, 3.63) is 60.2 Å². The molecular formula is C14H13F2NS. The molecule has 1 nitrogen and oxygen atoms in total. The van der Waals surface area contributed by atoms with Gasteiger partial charge in [0, 0.05) is 17.2 Å². The van der Waals surface area contributed by atoms with Gasteiger partial charge in [0.25, 0.3) is 0 Å². The normalized spacial score (nSPS) is 10.3. The van der Waals surface area contributed by atoms with Crippen LogP contribution in [0.2, 0.25) is 0 Å². The van der Waals surface area contributed by atoms with Crippen LogP contribution >= 0.6 is 11.8 Å². The molecule has 0 atom stereocenters. The summed E-state index contributed by atoms with van der Waals surface area (Å²) in [5.74, 6) is 0.191. The molecule has 0 aromatic heterocycles. The van der Waals surface area contributed by atoms with E-state index in [0.29, 0.717) is 22.9 Å². The van der Waals surface area contributed by atoms with Gasteiger partial charge in [-0.15, -0.1) is 11.8 Å². The van der Waals surface area contributed by atoms with Crippen LogP contribution in [0.5, 0.6) is 0 Å². The smallest absolute Gasteiger partial charge is 0.146 e. The third-order valence-electron chi connectivity index (χ3n) is 2.39. The predicted molar refractivity (Wildman–Crippen MR) is 72.0 cm³/mol. The maximum absolute atomic E-state index is 13.3. The Hall–Kier alpha value is -1.55. The molecule has 18 heavy (non-hydrogen) atoms. The first-order valence-corrected chi connectivity index (χ1v) is 6.61. The Morgan fingerprint density at radius 1 is 0.889 bits per heavy atom. The lowest BCUT2D eigenvalue weighted by atomic mass is 10.3.